The number of hydrogen-bond acceptors (Lipinski definition) is 3. The summed E-state index contributed by atoms with van der Waals surface area (Å²) < 4.78 is 11.1. The maximum atomic E-state index is 6.43. The molecule has 2 aliphatic carbocycles. The third-order valence-corrected chi connectivity index (χ3v) is 13.1. The third-order valence-electron chi connectivity index (χ3n) is 12.2. The molecule has 5 heterocycles. The van der Waals surface area contributed by atoms with E-state index in [0.717, 1.165) is 50.8 Å². The van der Waals surface area contributed by atoms with Gasteiger partial charge in [0.2, 0.25) is 0 Å². The molecule has 5 aromatic heterocycles. The Balaban J connectivity index is 1.07. The molecule has 0 N–H and O–H groups in total. The standard InChI is InChI=1S/C53H31N3OS/c1-3-12-36-34(10-1)35-11-2-4-13-37(35)47-31-33(56-48-17-7-5-14-40(48)41-15-6-8-18-49(41)56)20-22-39(47)38-21-19-32(30-46(36)38)55-27-23-43-42-16-9-26-54-50(42)44-25-29-58-53(44)45-24-28-57-52(45)51(43)55/h1-31H. The smallest absolute Gasteiger partial charge is 0.159 e. The minimum absolute atomic E-state index is 0.863. The molecule has 11 aromatic rings. The molecule has 5 heteroatoms. The number of thiophene rings is 1. The van der Waals surface area contributed by atoms with Crippen molar-refractivity contribution >= 4 is 33.1 Å². The molecule has 0 saturated heterocycles. The fraction of sp³-hybridized carbons (Fsp3) is 0. The number of pyridine rings is 1. The number of fused-ring (bicyclic) bond motifs is 19. The molecule has 0 radical (unpaired) electrons. The molecule has 0 aliphatic heterocycles. The first-order chi connectivity index (χ1) is 28.8. The average molecular weight is 758 g/mol. The Morgan fingerprint density at radius 2 is 1.03 bits per heavy atom. The summed E-state index contributed by atoms with van der Waals surface area (Å²) in [7, 11) is 0. The van der Waals surface area contributed by atoms with E-state index in [1.807, 2.05) is 18.5 Å². The lowest BCUT2D eigenvalue weighted by atomic mass is 9.80. The number of hydrogen-bond donors (Lipinski definition) is 0. The van der Waals surface area contributed by atoms with Crippen LogP contribution in [0.15, 0.2) is 192 Å². The highest BCUT2D eigenvalue weighted by Crippen LogP contribution is 2.52. The zero-order valence-corrected chi connectivity index (χ0v) is 31.9. The van der Waals surface area contributed by atoms with E-state index in [1.165, 1.54) is 71.2 Å². The van der Waals surface area contributed by atoms with Crippen LogP contribution in [0.1, 0.15) is 0 Å². The van der Waals surface area contributed by atoms with E-state index >= 15 is 0 Å². The van der Waals surface area contributed by atoms with Gasteiger partial charge in [-0.15, -0.1) is 11.3 Å². The number of benzene rings is 6. The Morgan fingerprint density at radius 1 is 0.448 bits per heavy atom. The Hall–Kier alpha value is -7.47. The van der Waals surface area contributed by atoms with E-state index in [4.69, 9.17) is 9.40 Å². The van der Waals surface area contributed by atoms with E-state index in [-0.39, 0.29) is 0 Å². The van der Waals surface area contributed by atoms with Gasteiger partial charge in [-0.1, -0.05) is 103 Å². The topological polar surface area (TPSA) is 35.9 Å². The first-order valence-electron chi connectivity index (χ1n) is 19.6. The van der Waals surface area contributed by atoms with E-state index in [2.05, 4.69) is 178 Å². The van der Waals surface area contributed by atoms with Crippen molar-refractivity contribution in [2.24, 2.45) is 0 Å². The molecule has 0 unspecified atom stereocenters. The molecule has 0 atom stereocenters. The van der Waals surface area contributed by atoms with Gasteiger partial charge in [0, 0.05) is 61.7 Å². The van der Waals surface area contributed by atoms with Gasteiger partial charge < -0.3 is 13.6 Å². The van der Waals surface area contributed by atoms with Crippen LogP contribution in [0.25, 0.3) is 122 Å². The maximum Gasteiger partial charge on any atom is 0.159 e. The van der Waals surface area contributed by atoms with Crippen molar-refractivity contribution in [3.05, 3.63) is 188 Å². The summed E-state index contributed by atoms with van der Waals surface area (Å²) in [6.45, 7) is 0. The molecule has 13 rings (SSSR count). The Bertz CT molecular complexity index is 3430. The second-order valence-corrected chi connectivity index (χ2v) is 16.0. The lowest BCUT2D eigenvalue weighted by Gasteiger charge is -2.25. The predicted molar refractivity (Wildman–Crippen MR) is 239 cm³/mol. The molecule has 270 valence electrons. The number of para-hydroxylation sites is 2. The highest BCUT2D eigenvalue weighted by molar-refractivity contribution is 7.14. The lowest BCUT2D eigenvalue weighted by molar-refractivity contribution is 0.579. The second-order valence-electron chi connectivity index (χ2n) is 15.1. The fourth-order valence-corrected chi connectivity index (χ4v) is 10.6. The third kappa shape index (κ3) is 4.36. The normalized spacial score (nSPS) is 12.1. The Labute approximate surface area is 338 Å². The van der Waals surface area contributed by atoms with Crippen molar-refractivity contribution in [2.45, 2.75) is 0 Å². The van der Waals surface area contributed by atoms with Gasteiger partial charge in [0.05, 0.1) is 28.7 Å². The molecule has 2 aliphatic rings. The highest BCUT2D eigenvalue weighted by atomic mass is 32.1. The minimum atomic E-state index is 0.863. The molecule has 4 nitrogen and oxygen atoms in total. The molecule has 0 amide bonds. The Morgan fingerprint density at radius 3 is 1.74 bits per heavy atom. The zero-order chi connectivity index (χ0) is 37.9. The van der Waals surface area contributed by atoms with Crippen molar-refractivity contribution in [2.75, 3.05) is 0 Å². The molecule has 58 heavy (non-hydrogen) atoms. The molecule has 0 spiro atoms. The summed E-state index contributed by atoms with van der Waals surface area (Å²) in [6.07, 6.45) is 5.89. The van der Waals surface area contributed by atoms with Crippen LogP contribution in [0.4, 0.5) is 0 Å². The molecule has 0 bridgehead atoms. The van der Waals surface area contributed by atoms with Crippen molar-refractivity contribution in [3.63, 3.8) is 0 Å². The zero-order valence-electron chi connectivity index (χ0n) is 31.1. The Kier molecular flexibility index (Phi) is 6.57. The lowest BCUT2D eigenvalue weighted by Crippen LogP contribution is -2.02. The van der Waals surface area contributed by atoms with Crippen LogP contribution in [0.2, 0.25) is 0 Å². The number of aromatic nitrogens is 3. The molecule has 0 fully saturated rings. The summed E-state index contributed by atoms with van der Waals surface area (Å²) in [5.41, 5.74) is 20.7. The number of nitrogens with zero attached hydrogens (tertiary/aromatic N) is 3. The summed E-state index contributed by atoms with van der Waals surface area (Å²) >= 11 is 1.73. The summed E-state index contributed by atoms with van der Waals surface area (Å²) in [4.78, 5) is 6.10. The van der Waals surface area contributed by atoms with Crippen molar-refractivity contribution in [1.29, 1.82) is 0 Å². The van der Waals surface area contributed by atoms with Gasteiger partial charge in [0.1, 0.15) is 0 Å². The van der Waals surface area contributed by atoms with E-state index in [1.54, 1.807) is 11.3 Å². The van der Waals surface area contributed by atoms with Crippen LogP contribution < -0.4 is 0 Å². The average Bonchev–Trinajstić information content (AvgIpc) is 4.10. The molecule has 0 saturated carbocycles. The van der Waals surface area contributed by atoms with Crippen LogP contribution in [-0.4, -0.2) is 14.1 Å². The molecular weight excluding hydrogens is 727 g/mol. The molecular formula is C53H31N3OS. The monoisotopic (exact) mass is 757 g/mol. The largest absolute Gasteiger partial charge is 0.462 e. The first kappa shape index (κ1) is 31.7. The fourth-order valence-electron chi connectivity index (χ4n) is 9.68. The van der Waals surface area contributed by atoms with Gasteiger partial charge in [-0.2, -0.15) is 0 Å². The first-order valence-corrected chi connectivity index (χ1v) is 20.5. The van der Waals surface area contributed by atoms with Gasteiger partial charge in [0.15, 0.2) is 5.76 Å². The quantitative estimate of drug-likeness (QED) is 0.176. The van der Waals surface area contributed by atoms with Crippen molar-refractivity contribution < 1.29 is 4.42 Å². The second kappa shape index (κ2) is 12.0. The van der Waals surface area contributed by atoms with Gasteiger partial charge >= 0.3 is 0 Å². The van der Waals surface area contributed by atoms with E-state index < -0.39 is 0 Å². The maximum absolute atomic E-state index is 6.43. The van der Waals surface area contributed by atoms with Crippen molar-refractivity contribution in [1.82, 2.24) is 14.1 Å². The predicted octanol–water partition coefficient (Wildman–Crippen LogP) is 14.6. The van der Waals surface area contributed by atoms with Crippen LogP contribution in [0.3, 0.4) is 0 Å². The highest BCUT2D eigenvalue weighted by Gasteiger charge is 2.30. The van der Waals surface area contributed by atoms with Crippen LogP contribution in [-0.2, 0) is 0 Å². The number of furan rings is 1. The SMILES string of the molecule is c1ccc2c(c1)-c1ccccc1-c1cc(-n3c4ccccc4c4ccccc43)ccc1-c1ccc(-n3ccc4c3-c3occc3-c3sccc3-c3ncccc3-4)cc1-2. The van der Waals surface area contributed by atoms with Gasteiger partial charge in [-0.3, -0.25) is 4.98 Å². The van der Waals surface area contributed by atoms with Crippen LogP contribution in [0.5, 0.6) is 0 Å². The van der Waals surface area contributed by atoms with Gasteiger partial charge in [0.25, 0.3) is 0 Å². The summed E-state index contributed by atoms with van der Waals surface area (Å²) in [6, 6.07) is 59.9. The van der Waals surface area contributed by atoms with E-state index in [0.29, 0.717) is 0 Å². The van der Waals surface area contributed by atoms with Crippen LogP contribution >= 0.6 is 11.3 Å². The van der Waals surface area contributed by atoms with Crippen LogP contribution in [0, 0.1) is 0 Å². The number of rotatable bonds is 2. The summed E-state index contributed by atoms with van der Waals surface area (Å²) in [5, 5.41) is 4.67. The van der Waals surface area contributed by atoms with Gasteiger partial charge in [-0.25, -0.2) is 0 Å². The van der Waals surface area contributed by atoms with Gasteiger partial charge in [-0.05, 0) is 111 Å². The summed E-state index contributed by atoms with van der Waals surface area (Å²) in [5.74, 6) is 0.863. The van der Waals surface area contributed by atoms with E-state index in [9.17, 15) is 0 Å². The minimum Gasteiger partial charge on any atom is -0.462 e. The van der Waals surface area contributed by atoms with Crippen molar-refractivity contribution in [3.8, 4) is 100 Å². The molecule has 6 aromatic carbocycles.